The van der Waals surface area contributed by atoms with Crippen LogP contribution in [-0.4, -0.2) is 55.3 Å². The zero-order valence-electron chi connectivity index (χ0n) is 18.9. The fourth-order valence-corrected chi connectivity index (χ4v) is 4.13. The summed E-state index contributed by atoms with van der Waals surface area (Å²) in [5, 5.41) is 0. The van der Waals surface area contributed by atoms with Gasteiger partial charge in [0, 0.05) is 31.4 Å². The molecular weight excluding hydrogens is 368 g/mol. The molecule has 0 aliphatic heterocycles. The Bertz CT molecular complexity index is 718. The third-order valence-electron chi connectivity index (χ3n) is 5.70. The van der Waals surface area contributed by atoms with E-state index < -0.39 is 5.60 Å². The number of ether oxygens (including phenoxy) is 2. The van der Waals surface area contributed by atoms with E-state index in [0.717, 1.165) is 43.5 Å². The van der Waals surface area contributed by atoms with Gasteiger partial charge < -0.3 is 19.3 Å². The quantitative estimate of drug-likeness (QED) is 0.661. The van der Waals surface area contributed by atoms with Crippen molar-refractivity contribution in [2.75, 3.05) is 25.6 Å². The molecule has 0 saturated heterocycles. The molecule has 2 rings (SSSR count). The number of methoxy groups -OCH3 is 1. The maximum atomic E-state index is 12.4. The highest BCUT2D eigenvalue weighted by Gasteiger charge is 2.32. The van der Waals surface area contributed by atoms with E-state index in [4.69, 9.17) is 9.47 Å². The van der Waals surface area contributed by atoms with Gasteiger partial charge in [-0.05, 0) is 78.0 Å². The van der Waals surface area contributed by atoms with Crippen LogP contribution in [0.15, 0.2) is 18.2 Å². The van der Waals surface area contributed by atoms with E-state index >= 15 is 0 Å². The van der Waals surface area contributed by atoms with Crippen LogP contribution in [0.4, 0.5) is 10.5 Å². The van der Waals surface area contributed by atoms with Crippen LogP contribution in [0.25, 0.3) is 0 Å². The first-order valence-electron chi connectivity index (χ1n) is 10.5. The van der Waals surface area contributed by atoms with Crippen molar-refractivity contribution < 1.29 is 19.1 Å². The van der Waals surface area contributed by atoms with Gasteiger partial charge in [0.2, 0.25) is 0 Å². The van der Waals surface area contributed by atoms with Crippen LogP contribution in [0.1, 0.15) is 69.3 Å². The lowest BCUT2D eigenvalue weighted by Crippen LogP contribution is -2.46. The lowest BCUT2D eigenvalue weighted by atomic mass is 9.88. The summed E-state index contributed by atoms with van der Waals surface area (Å²) < 4.78 is 10.4. The van der Waals surface area contributed by atoms with Crippen LogP contribution in [0.5, 0.6) is 0 Å². The van der Waals surface area contributed by atoms with Crippen molar-refractivity contribution in [1.82, 2.24) is 4.90 Å². The molecule has 0 N–H and O–H groups in total. The molecule has 29 heavy (non-hydrogen) atoms. The van der Waals surface area contributed by atoms with E-state index in [9.17, 15) is 9.59 Å². The Morgan fingerprint density at radius 2 is 1.69 bits per heavy atom. The molecule has 0 atom stereocenters. The zero-order chi connectivity index (χ0) is 21.8. The summed E-state index contributed by atoms with van der Waals surface area (Å²) in [6.45, 7) is 10.6. The molecule has 6 heteroatoms. The predicted molar refractivity (Wildman–Crippen MR) is 116 cm³/mol. The highest BCUT2D eigenvalue weighted by Crippen LogP contribution is 2.32. The fourth-order valence-electron chi connectivity index (χ4n) is 4.13. The topological polar surface area (TPSA) is 59.1 Å². The zero-order valence-corrected chi connectivity index (χ0v) is 18.9. The Kier molecular flexibility index (Phi) is 7.55. The van der Waals surface area contributed by atoms with Gasteiger partial charge >= 0.3 is 12.1 Å². The smallest absolute Gasteiger partial charge is 0.410 e. The first-order chi connectivity index (χ1) is 13.6. The number of nitrogens with zero attached hydrogens (tertiary/aromatic N) is 2. The average molecular weight is 405 g/mol. The van der Waals surface area contributed by atoms with Crippen LogP contribution >= 0.6 is 0 Å². The molecule has 0 radical (unpaired) electrons. The number of hydrogen-bond acceptors (Lipinski definition) is 5. The number of benzene rings is 1. The van der Waals surface area contributed by atoms with Crippen molar-refractivity contribution in [3.05, 3.63) is 29.3 Å². The molecule has 1 saturated carbocycles. The third kappa shape index (κ3) is 5.64. The van der Waals surface area contributed by atoms with Crippen molar-refractivity contribution in [1.29, 1.82) is 0 Å². The van der Waals surface area contributed by atoms with Gasteiger partial charge in [0.25, 0.3) is 0 Å². The van der Waals surface area contributed by atoms with Gasteiger partial charge in [-0.2, -0.15) is 0 Å². The molecule has 0 bridgehead atoms. The van der Waals surface area contributed by atoms with Crippen molar-refractivity contribution >= 4 is 17.7 Å². The molecule has 1 aliphatic rings. The maximum absolute atomic E-state index is 12.4. The summed E-state index contributed by atoms with van der Waals surface area (Å²) in [5.74, 6) is -0.303. The first-order valence-corrected chi connectivity index (χ1v) is 10.5. The van der Waals surface area contributed by atoms with Gasteiger partial charge in [-0.15, -0.1) is 0 Å². The molecule has 0 unspecified atom stereocenters. The number of amides is 1. The highest BCUT2D eigenvalue weighted by atomic mass is 16.6. The Hall–Kier alpha value is -2.24. The third-order valence-corrected chi connectivity index (χ3v) is 5.70. The van der Waals surface area contributed by atoms with Gasteiger partial charge in [-0.3, -0.25) is 0 Å². The summed E-state index contributed by atoms with van der Waals surface area (Å²) in [6.07, 6.45) is 3.61. The second-order valence-corrected chi connectivity index (χ2v) is 8.78. The predicted octanol–water partition coefficient (Wildman–Crippen LogP) is 4.79. The minimum Gasteiger partial charge on any atom is -0.465 e. The molecule has 1 aromatic carbocycles. The van der Waals surface area contributed by atoms with E-state index in [2.05, 4.69) is 17.9 Å². The van der Waals surface area contributed by atoms with Gasteiger partial charge in [-0.1, -0.05) is 6.07 Å². The number of carbonyl (C=O) groups excluding carboxylic acids is 2. The molecule has 1 amide bonds. The van der Waals surface area contributed by atoms with Crippen LogP contribution in [0.3, 0.4) is 0 Å². The van der Waals surface area contributed by atoms with Gasteiger partial charge in [-0.25, -0.2) is 9.59 Å². The number of rotatable bonds is 5. The Morgan fingerprint density at radius 1 is 1.10 bits per heavy atom. The minimum atomic E-state index is -0.482. The fraction of sp³-hybridized carbons (Fsp3) is 0.652. The Labute approximate surface area is 175 Å². The van der Waals surface area contributed by atoms with Gasteiger partial charge in [0.1, 0.15) is 5.60 Å². The van der Waals surface area contributed by atoms with Crippen LogP contribution in [0.2, 0.25) is 0 Å². The lowest BCUT2D eigenvalue weighted by Gasteiger charge is -2.41. The molecule has 1 aromatic rings. The van der Waals surface area contributed by atoms with E-state index in [1.165, 1.54) is 7.11 Å². The monoisotopic (exact) mass is 404 g/mol. The minimum absolute atomic E-state index is 0.197. The van der Waals surface area contributed by atoms with Crippen molar-refractivity contribution in [2.24, 2.45) is 0 Å². The summed E-state index contributed by atoms with van der Waals surface area (Å²) in [5.41, 5.74) is 2.17. The largest absolute Gasteiger partial charge is 0.465 e. The van der Waals surface area contributed by atoms with E-state index in [0.29, 0.717) is 11.6 Å². The molecule has 1 fully saturated rings. The molecule has 6 nitrogen and oxygen atoms in total. The summed E-state index contributed by atoms with van der Waals surface area (Å²) in [6, 6.07) is 6.38. The van der Waals surface area contributed by atoms with Crippen molar-refractivity contribution in [2.45, 2.75) is 78.0 Å². The van der Waals surface area contributed by atoms with E-state index in [1.807, 2.05) is 46.9 Å². The SMILES string of the molecule is CCN(c1cccc(C(=O)OC)c1C)C1CCC(N(C)C(=O)OC(C)(C)C)CC1. The van der Waals surface area contributed by atoms with Crippen LogP contribution in [0, 0.1) is 6.92 Å². The summed E-state index contributed by atoms with van der Waals surface area (Å²) in [4.78, 5) is 28.6. The Morgan fingerprint density at radius 3 is 2.21 bits per heavy atom. The Balaban J connectivity index is 2.08. The molecule has 162 valence electrons. The highest BCUT2D eigenvalue weighted by molar-refractivity contribution is 5.92. The summed E-state index contributed by atoms with van der Waals surface area (Å²) >= 11 is 0. The molecule has 1 aliphatic carbocycles. The van der Waals surface area contributed by atoms with Crippen LogP contribution < -0.4 is 4.90 Å². The van der Waals surface area contributed by atoms with Gasteiger partial charge in [0.05, 0.1) is 12.7 Å². The second kappa shape index (κ2) is 9.51. The first kappa shape index (κ1) is 23.0. The molecule has 0 spiro atoms. The van der Waals surface area contributed by atoms with Crippen molar-refractivity contribution in [3.63, 3.8) is 0 Å². The van der Waals surface area contributed by atoms with E-state index in [1.54, 1.807) is 4.90 Å². The lowest BCUT2D eigenvalue weighted by molar-refractivity contribution is 0.0183. The normalized spacial score (nSPS) is 19.4. The standard InChI is InChI=1S/C23H36N2O4/c1-8-25(20-11-9-10-19(16(20)2)21(26)28-7)18-14-12-17(13-15-18)24(6)22(27)29-23(3,4)5/h9-11,17-18H,8,12-15H2,1-7H3. The number of anilines is 1. The molecular formula is C23H36N2O4. The maximum Gasteiger partial charge on any atom is 0.410 e. The number of hydrogen-bond donors (Lipinski definition) is 0. The second-order valence-electron chi connectivity index (χ2n) is 8.78. The van der Waals surface area contributed by atoms with Crippen LogP contribution in [-0.2, 0) is 9.47 Å². The molecule has 0 heterocycles. The molecule has 0 aromatic heterocycles. The number of carbonyl (C=O) groups is 2. The van der Waals surface area contributed by atoms with Crippen molar-refractivity contribution in [3.8, 4) is 0 Å². The van der Waals surface area contributed by atoms with E-state index in [-0.39, 0.29) is 18.1 Å². The average Bonchev–Trinajstić information content (AvgIpc) is 2.68. The number of esters is 1. The summed E-state index contributed by atoms with van der Waals surface area (Å²) in [7, 11) is 3.25. The van der Waals surface area contributed by atoms with Gasteiger partial charge in [0.15, 0.2) is 0 Å².